The molecule has 4 nitrogen and oxygen atoms in total. The Balaban J connectivity index is 1.80. The topological polar surface area (TPSA) is 47.3 Å². The third-order valence-corrected chi connectivity index (χ3v) is 3.01. The SMILES string of the molecule is Cc1ccc2oc(CC3COCCN3)nc2c1. The molecule has 0 bridgehead atoms. The van der Waals surface area contributed by atoms with Gasteiger partial charge in [0.05, 0.1) is 13.2 Å². The maximum atomic E-state index is 5.72. The molecular formula is C13H16N2O2. The summed E-state index contributed by atoms with van der Waals surface area (Å²) in [5.41, 5.74) is 3.01. The van der Waals surface area contributed by atoms with Crippen molar-refractivity contribution in [2.75, 3.05) is 19.8 Å². The molecule has 0 aliphatic carbocycles. The summed E-state index contributed by atoms with van der Waals surface area (Å²) < 4.78 is 11.1. The lowest BCUT2D eigenvalue weighted by molar-refractivity contribution is 0.0751. The highest BCUT2D eigenvalue weighted by molar-refractivity contribution is 5.73. The molecule has 1 aromatic carbocycles. The van der Waals surface area contributed by atoms with Crippen LogP contribution >= 0.6 is 0 Å². The number of ether oxygens (including phenoxy) is 1. The molecule has 1 fully saturated rings. The second-order valence-electron chi connectivity index (χ2n) is 4.51. The van der Waals surface area contributed by atoms with Gasteiger partial charge in [0.15, 0.2) is 11.5 Å². The fourth-order valence-electron chi connectivity index (χ4n) is 2.13. The Morgan fingerprint density at radius 2 is 2.41 bits per heavy atom. The van der Waals surface area contributed by atoms with E-state index in [2.05, 4.69) is 17.2 Å². The summed E-state index contributed by atoms with van der Waals surface area (Å²) >= 11 is 0. The fourth-order valence-corrected chi connectivity index (χ4v) is 2.13. The van der Waals surface area contributed by atoms with Crippen molar-refractivity contribution in [2.45, 2.75) is 19.4 Å². The van der Waals surface area contributed by atoms with Crippen LogP contribution in [0.4, 0.5) is 0 Å². The number of aryl methyl sites for hydroxylation is 1. The molecule has 2 heterocycles. The van der Waals surface area contributed by atoms with E-state index in [0.29, 0.717) is 6.04 Å². The van der Waals surface area contributed by atoms with Crippen LogP contribution in [0, 0.1) is 6.92 Å². The van der Waals surface area contributed by atoms with E-state index in [9.17, 15) is 0 Å². The standard InChI is InChI=1S/C13H16N2O2/c1-9-2-3-12-11(6-9)15-13(17-12)7-10-8-16-5-4-14-10/h2-3,6,10,14H,4-5,7-8H2,1H3. The van der Waals surface area contributed by atoms with E-state index in [1.54, 1.807) is 0 Å². The maximum Gasteiger partial charge on any atom is 0.197 e. The van der Waals surface area contributed by atoms with Crippen molar-refractivity contribution in [1.29, 1.82) is 0 Å². The van der Waals surface area contributed by atoms with Crippen LogP contribution in [0.5, 0.6) is 0 Å². The summed E-state index contributed by atoms with van der Waals surface area (Å²) in [6.45, 7) is 4.50. The predicted octanol–water partition coefficient (Wildman–Crippen LogP) is 1.67. The smallest absolute Gasteiger partial charge is 0.197 e. The van der Waals surface area contributed by atoms with Crippen LogP contribution in [0.15, 0.2) is 22.6 Å². The van der Waals surface area contributed by atoms with E-state index in [1.165, 1.54) is 5.56 Å². The zero-order valence-electron chi connectivity index (χ0n) is 9.90. The molecule has 0 amide bonds. The first kappa shape index (κ1) is 10.7. The lowest BCUT2D eigenvalue weighted by atomic mass is 10.2. The van der Waals surface area contributed by atoms with Crippen molar-refractivity contribution in [3.63, 3.8) is 0 Å². The van der Waals surface area contributed by atoms with E-state index < -0.39 is 0 Å². The number of fused-ring (bicyclic) bond motifs is 1. The Hall–Kier alpha value is -1.39. The Bertz CT molecular complexity index is 515. The molecule has 2 aromatic rings. The van der Waals surface area contributed by atoms with Crippen LogP contribution < -0.4 is 5.32 Å². The molecule has 0 saturated carbocycles. The molecule has 1 atom stereocenters. The lowest BCUT2D eigenvalue weighted by Crippen LogP contribution is -2.42. The van der Waals surface area contributed by atoms with Crippen LogP contribution in [-0.2, 0) is 11.2 Å². The van der Waals surface area contributed by atoms with Gasteiger partial charge in [0.25, 0.3) is 0 Å². The van der Waals surface area contributed by atoms with Crippen LogP contribution in [0.2, 0.25) is 0 Å². The van der Waals surface area contributed by atoms with Crippen molar-refractivity contribution in [3.05, 3.63) is 29.7 Å². The van der Waals surface area contributed by atoms with E-state index >= 15 is 0 Å². The number of rotatable bonds is 2. The van der Waals surface area contributed by atoms with Crippen LogP contribution in [0.1, 0.15) is 11.5 Å². The quantitative estimate of drug-likeness (QED) is 0.855. The monoisotopic (exact) mass is 232 g/mol. The molecule has 90 valence electrons. The second-order valence-corrected chi connectivity index (χ2v) is 4.51. The van der Waals surface area contributed by atoms with Gasteiger partial charge in [0, 0.05) is 19.0 Å². The maximum absolute atomic E-state index is 5.72. The summed E-state index contributed by atoms with van der Waals surface area (Å²) in [6.07, 6.45) is 0.785. The third kappa shape index (κ3) is 2.33. The Morgan fingerprint density at radius 3 is 3.24 bits per heavy atom. The minimum atomic E-state index is 0.318. The summed E-state index contributed by atoms with van der Waals surface area (Å²) in [4.78, 5) is 4.51. The molecule has 17 heavy (non-hydrogen) atoms. The van der Waals surface area contributed by atoms with Crippen LogP contribution in [-0.4, -0.2) is 30.8 Å². The summed E-state index contributed by atoms with van der Waals surface area (Å²) in [7, 11) is 0. The molecule has 0 spiro atoms. The lowest BCUT2D eigenvalue weighted by Gasteiger charge is -2.22. The van der Waals surface area contributed by atoms with Crippen LogP contribution in [0.3, 0.4) is 0 Å². The molecule has 1 aliphatic rings. The van der Waals surface area contributed by atoms with Gasteiger partial charge in [-0.15, -0.1) is 0 Å². The summed E-state index contributed by atoms with van der Waals surface area (Å²) in [5.74, 6) is 0.786. The number of oxazole rings is 1. The van der Waals surface area contributed by atoms with Gasteiger partial charge >= 0.3 is 0 Å². The number of aromatic nitrogens is 1. The number of benzene rings is 1. The van der Waals surface area contributed by atoms with E-state index in [0.717, 1.165) is 43.2 Å². The van der Waals surface area contributed by atoms with E-state index in [-0.39, 0.29) is 0 Å². The third-order valence-electron chi connectivity index (χ3n) is 3.01. The fraction of sp³-hybridized carbons (Fsp3) is 0.462. The number of nitrogens with one attached hydrogen (secondary N) is 1. The molecule has 3 rings (SSSR count). The molecule has 1 aromatic heterocycles. The van der Waals surface area contributed by atoms with E-state index in [1.807, 2.05) is 18.2 Å². The van der Waals surface area contributed by atoms with Gasteiger partial charge in [0.2, 0.25) is 0 Å². The first-order valence-electron chi connectivity index (χ1n) is 5.98. The summed E-state index contributed by atoms with van der Waals surface area (Å²) in [6, 6.07) is 6.39. The minimum absolute atomic E-state index is 0.318. The number of hydrogen-bond donors (Lipinski definition) is 1. The average molecular weight is 232 g/mol. The number of nitrogens with zero attached hydrogens (tertiary/aromatic N) is 1. The molecule has 1 saturated heterocycles. The van der Waals surface area contributed by atoms with E-state index in [4.69, 9.17) is 9.15 Å². The Morgan fingerprint density at radius 1 is 1.47 bits per heavy atom. The minimum Gasteiger partial charge on any atom is -0.441 e. The van der Waals surface area contributed by atoms with Gasteiger partial charge in [0.1, 0.15) is 5.52 Å². The molecule has 0 radical (unpaired) electrons. The number of hydrogen-bond acceptors (Lipinski definition) is 4. The van der Waals surface area contributed by atoms with Crippen molar-refractivity contribution < 1.29 is 9.15 Å². The first-order chi connectivity index (χ1) is 8.31. The number of morpholine rings is 1. The van der Waals surface area contributed by atoms with Gasteiger partial charge < -0.3 is 14.5 Å². The summed E-state index contributed by atoms with van der Waals surface area (Å²) in [5, 5.41) is 3.40. The van der Waals surface area contributed by atoms with Crippen molar-refractivity contribution in [1.82, 2.24) is 10.3 Å². The molecule has 4 heteroatoms. The highest BCUT2D eigenvalue weighted by atomic mass is 16.5. The largest absolute Gasteiger partial charge is 0.441 e. The Kier molecular flexibility index (Phi) is 2.82. The van der Waals surface area contributed by atoms with Crippen LogP contribution in [0.25, 0.3) is 11.1 Å². The molecule has 1 N–H and O–H groups in total. The average Bonchev–Trinajstić information content (AvgIpc) is 2.71. The second kappa shape index (κ2) is 4.47. The molecule has 1 unspecified atom stereocenters. The zero-order valence-corrected chi connectivity index (χ0v) is 9.90. The normalized spacial score (nSPS) is 20.9. The van der Waals surface area contributed by atoms with Gasteiger partial charge in [-0.05, 0) is 24.6 Å². The molecular weight excluding hydrogens is 216 g/mol. The predicted molar refractivity (Wildman–Crippen MR) is 65.1 cm³/mol. The van der Waals surface area contributed by atoms with Gasteiger partial charge in [-0.2, -0.15) is 0 Å². The van der Waals surface area contributed by atoms with Gasteiger partial charge in [-0.25, -0.2) is 4.98 Å². The highest BCUT2D eigenvalue weighted by Gasteiger charge is 2.16. The Labute approximate surface area is 100.0 Å². The molecule has 1 aliphatic heterocycles. The zero-order chi connectivity index (χ0) is 11.7. The van der Waals surface area contributed by atoms with Gasteiger partial charge in [-0.3, -0.25) is 0 Å². The van der Waals surface area contributed by atoms with Crippen molar-refractivity contribution >= 4 is 11.1 Å². The van der Waals surface area contributed by atoms with Gasteiger partial charge in [-0.1, -0.05) is 6.07 Å². The van der Waals surface area contributed by atoms with Crippen molar-refractivity contribution in [3.8, 4) is 0 Å². The highest BCUT2D eigenvalue weighted by Crippen LogP contribution is 2.18. The first-order valence-corrected chi connectivity index (χ1v) is 5.98. The van der Waals surface area contributed by atoms with Crippen molar-refractivity contribution in [2.24, 2.45) is 0 Å².